The van der Waals surface area contributed by atoms with Crippen LogP contribution in [-0.2, 0) is 9.31 Å². The van der Waals surface area contributed by atoms with Gasteiger partial charge in [0.05, 0.1) is 11.2 Å². The van der Waals surface area contributed by atoms with Gasteiger partial charge in [-0.15, -0.1) is 0 Å². The van der Waals surface area contributed by atoms with Gasteiger partial charge in [0, 0.05) is 0 Å². The molecule has 2 aromatic carbocycles. The summed E-state index contributed by atoms with van der Waals surface area (Å²) in [5, 5.41) is 10.2. The molecule has 1 atom stereocenters. The van der Waals surface area contributed by atoms with Crippen LogP contribution in [0.15, 0.2) is 59.6 Å². The summed E-state index contributed by atoms with van der Waals surface area (Å²) in [6, 6.07) is 17.2. The van der Waals surface area contributed by atoms with Crippen molar-refractivity contribution in [2.45, 2.75) is 57.5 Å². The number of nitrogens with one attached hydrogen (secondary N) is 1. The standard InChI is InChI=1S/C27H35B2N3O3Si/c1-26(2,33)27(3,4)35-28-22-15-11-20(12-16-22)8-7-19-9-13-21(14-10-19)23-17-30-25(31-23)24(18-36-6)32-29-34-5/h9-17,24,28,33H,18,36H2,1-6H3,(H,30,31)/t24-/m0/s1. The Labute approximate surface area is 218 Å². The van der Waals surface area contributed by atoms with Gasteiger partial charge >= 0.3 is 140 Å². The first-order valence-corrected chi connectivity index (χ1v) is 14.7. The number of aromatic nitrogens is 2. The van der Waals surface area contributed by atoms with Crippen LogP contribution in [0.5, 0.6) is 0 Å². The zero-order valence-corrected chi connectivity index (χ0v) is 23.5. The third kappa shape index (κ3) is 7.54. The molecule has 0 bridgehead atoms. The monoisotopic (exact) mass is 499 g/mol. The van der Waals surface area contributed by atoms with Crippen molar-refractivity contribution < 1.29 is 14.4 Å². The molecule has 9 heteroatoms. The molecule has 0 saturated heterocycles. The maximum absolute atomic E-state index is 10.2. The molecule has 1 aromatic heterocycles. The Hall–Kier alpha value is -2.92. The Balaban J connectivity index is 1.63. The van der Waals surface area contributed by atoms with E-state index in [0.717, 1.165) is 39.7 Å². The molecule has 36 heavy (non-hydrogen) atoms. The summed E-state index contributed by atoms with van der Waals surface area (Å²) >= 11 is 0. The summed E-state index contributed by atoms with van der Waals surface area (Å²) in [4.78, 5) is 12.4. The van der Waals surface area contributed by atoms with Gasteiger partial charge in [-0.05, 0) is 39.8 Å². The summed E-state index contributed by atoms with van der Waals surface area (Å²) in [7, 11) is 3.36. The molecule has 0 fully saturated rings. The molecule has 3 rings (SSSR count). The van der Waals surface area contributed by atoms with Gasteiger partial charge in [-0.1, -0.05) is 17.6 Å². The fourth-order valence-electron chi connectivity index (χ4n) is 3.34. The molecule has 0 spiro atoms. The SMILES string of the molecule is COB=N[C@@H](C[SiH2]C)c1ncc(-c2ccc(C#Cc3ccc(BOC(C)(C)C(C)(C)O)cc3)cc2)[nH]1. The summed E-state index contributed by atoms with van der Waals surface area (Å²) in [5.41, 5.74) is 3.36. The predicted octanol–water partition coefficient (Wildman–Crippen LogP) is 3.14. The molecule has 0 aliphatic carbocycles. The molecule has 0 aliphatic heterocycles. The Kier molecular flexibility index (Phi) is 9.49. The number of benzene rings is 2. The molecule has 6 nitrogen and oxygen atoms in total. The number of rotatable bonds is 10. The van der Waals surface area contributed by atoms with Crippen molar-refractivity contribution >= 4 is 29.7 Å². The summed E-state index contributed by atoms with van der Waals surface area (Å²) in [6.45, 7) is 9.57. The van der Waals surface area contributed by atoms with Crippen LogP contribution in [-0.4, -0.2) is 57.7 Å². The number of imidazole rings is 1. The third-order valence-electron chi connectivity index (χ3n) is 6.39. The average Bonchev–Trinajstić information content (AvgIpc) is 3.34. The van der Waals surface area contributed by atoms with Crippen LogP contribution >= 0.6 is 0 Å². The van der Waals surface area contributed by atoms with E-state index in [1.165, 1.54) is 7.27 Å². The summed E-state index contributed by atoms with van der Waals surface area (Å²) < 4.78 is 10.9. The topological polar surface area (TPSA) is 79.7 Å². The number of nitrogens with zero attached hydrogens (tertiary/aromatic N) is 2. The van der Waals surface area contributed by atoms with Crippen molar-refractivity contribution in [1.29, 1.82) is 0 Å². The first-order chi connectivity index (χ1) is 17.1. The van der Waals surface area contributed by atoms with Gasteiger partial charge in [0.25, 0.3) is 0 Å². The van der Waals surface area contributed by atoms with Gasteiger partial charge < -0.3 is 9.76 Å². The van der Waals surface area contributed by atoms with Gasteiger partial charge in [0.15, 0.2) is 0 Å². The quantitative estimate of drug-likeness (QED) is 0.332. The molecule has 3 aromatic rings. The van der Waals surface area contributed by atoms with Crippen LogP contribution in [0.1, 0.15) is 50.7 Å². The Morgan fingerprint density at radius 2 is 1.69 bits per heavy atom. The predicted molar refractivity (Wildman–Crippen MR) is 152 cm³/mol. The summed E-state index contributed by atoms with van der Waals surface area (Å²) in [6.07, 6.45) is 1.86. The van der Waals surface area contributed by atoms with E-state index in [4.69, 9.17) is 9.31 Å². The number of aromatic amines is 1. The number of H-pyrrole nitrogens is 1. The second-order valence-electron chi connectivity index (χ2n) is 9.86. The molecular weight excluding hydrogens is 464 g/mol. The number of hydrogen-bond acceptors (Lipinski definition) is 5. The van der Waals surface area contributed by atoms with E-state index < -0.39 is 11.2 Å². The first-order valence-electron chi connectivity index (χ1n) is 12.3. The zero-order chi connectivity index (χ0) is 26.2. The molecule has 0 amide bonds. The van der Waals surface area contributed by atoms with Crippen molar-refractivity contribution in [3.8, 4) is 23.1 Å². The summed E-state index contributed by atoms with van der Waals surface area (Å²) in [5.74, 6) is 7.32. The van der Waals surface area contributed by atoms with E-state index in [0.29, 0.717) is 7.48 Å². The van der Waals surface area contributed by atoms with Crippen LogP contribution in [0.2, 0.25) is 12.6 Å². The molecule has 2 N–H and O–H groups in total. The van der Waals surface area contributed by atoms with Gasteiger partial charge in [-0.25, -0.2) is 0 Å². The van der Waals surface area contributed by atoms with E-state index in [-0.39, 0.29) is 15.6 Å². The van der Waals surface area contributed by atoms with E-state index in [9.17, 15) is 5.11 Å². The van der Waals surface area contributed by atoms with Crippen molar-refractivity contribution in [2.24, 2.45) is 4.90 Å². The fourth-order valence-corrected chi connectivity index (χ4v) is 4.31. The van der Waals surface area contributed by atoms with Crippen LogP contribution in [0.4, 0.5) is 0 Å². The first kappa shape index (κ1) is 27.7. The fraction of sp³-hybridized carbons (Fsp3) is 0.370. The van der Waals surface area contributed by atoms with Gasteiger partial charge in [-0.3, -0.25) is 0 Å². The van der Waals surface area contributed by atoms with Crippen LogP contribution < -0.4 is 5.46 Å². The Morgan fingerprint density at radius 1 is 1.08 bits per heavy atom. The number of hydrogen-bond donors (Lipinski definition) is 2. The minimum atomic E-state index is -0.925. The van der Waals surface area contributed by atoms with Crippen LogP contribution in [0, 0.1) is 11.8 Å². The second kappa shape index (κ2) is 12.4. The van der Waals surface area contributed by atoms with Crippen LogP contribution in [0.25, 0.3) is 11.3 Å². The van der Waals surface area contributed by atoms with E-state index >= 15 is 0 Å². The van der Waals surface area contributed by atoms with Gasteiger partial charge in [0.1, 0.15) is 0 Å². The third-order valence-corrected chi connectivity index (χ3v) is 7.52. The molecule has 0 radical (unpaired) electrons. The minimum absolute atomic E-state index is 0.0199. The van der Waals surface area contributed by atoms with E-state index in [1.807, 2.05) is 68.6 Å². The Bertz CT molecular complexity index is 1210. The van der Waals surface area contributed by atoms with Gasteiger partial charge in [-0.2, -0.15) is 0 Å². The number of aliphatic hydroxyl groups is 1. The van der Waals surface area contributed by atoms with Crippen molar-refractivity contribution in [2.75, 3.05) is 7.11 Å². The van der Waals surface area contributed by atoms with E-state index in [1.54, 1.807) is 21.0 Å². The van der Waals surface area contributed by atoms with Crippen molar-refractivity contribution in [1.82, 2.24) is 9.97 Å². The molecule has 186 valence electrons. The van der Waals surface area contributed by atoms with Crippen LogP contribution in [0.3, 0.4) is 0 Å². The maximum atomic E-state index is 10.2. The normalized spacial score (nSPS) is 12.9. The van der Waals surface area contributed by atoms with Crippen molar-refractivity contribution in [3.05, 3.63) is 71.7 Å². The Morgan fingerprint density at radius 3 is 2.25 bits per heavy atom. The molecule has 1 heterocycles. The van der Waals surface area contributed by atoms with E-state index in [2.05, 4.69) is 33.3 Å². The second-order valence-corrected chi connectivity index (χ2v) is 11.4. The zero-order valence-electron chi connectivity index (χ0n) is 22.1. The average molecular weight is 499 g/mol. The molecular formula is C27H35B2N3O3Si. The molecule has 0 unspecified atom stereocenters. The molecule has 0 saturated carbocycles. The van der Waals surface area contributed by atoms with Crippen molar-refractivity contribution in [3.63, 3.8) is 0 Å². The molecule has 0 aliphatic rings. The van der Waals surface area contributed by atoms with Gasteiger partial charge in [0.2, 0.25) is 0 Å².